The lowest BCUT2D eigenvalue weighted by atomic mass is 9.97. The van der Waals surface area contributed by atoms with Gasteiger partial charge in [-0.1, -0.05) is 23.7 Å². The smallest absolute Gasteiger partial charge is 0.131 e. The van der Waals surface area contributed by atoms with Crippen molar-refractivity contribution in [2.75, 3.05) is 14.2 Å². The molecule has 1 unspecified atom stereocenters. The summed E-state index contributed by atoms with van der Waals surface area (Å²) >= 11 is 6.04. The Labute approximate surface area is 127 Å². The number of methoxy groups -OCH3 is 1. The van der Waals surface area contributed by atoms with Crippen LogP contribution in [0.2, 0.25) is 5.02 Å². The molecule has 112 valence electrons. The van der Waals surface area contributed by atoms with Crippen molar-refractivity contribution in [3.8, 4) is 5.75 Å². The minimum atomic E-state index is -0.395. The van der Waals surface area contributed by atoms with Crippen LogP contribution >= 0.6 is 11.6 Å². The number of hydrogen-bond donors (Lipinski definition) is 1. The number of benzene rings is 2. The van der Waals surface area contributed by atoms with Crippen LogP contribution in [-0.4, -0.2) is 14.2 Å². The van der Waals surface area contributed by atoms with Gasteiger partial charge in [-0.2, -0.15) is 0 Å². The molecule has 0 fully saturated rings. The molecule has 2 aromatic carbocycles. The third-order valence-electron chi connectivity index (χ3n) is 3.37. The first kappa shape index (κ1) is 15.7. The summed E-state index contributed by atoms with van der Waals surface area (Å²) in [5.41, 5.74) is 1.17. The third-order valence-corrected chi connectivity index (χ3v) is 3.72. The second-order valence-corrected chi connectivity index (χ2v) is 5.04. The normalized spacial score (nSPS) is 12.2. The zero-order valence-electron chi connectivity index (χ0n) is 11.8. The molecule has 2 rings (SSSR count). The second-order valence-electron chi connectivity index (χ2n) is 4.64. The van der Waals surface area contributed by atoms with Crippen molar-refractivity contribution >= 4 is 11.6 Å². The van der Waals surface area contributed by atoms with Gasteiger partial charge >= 0.3 is 0 Å². The van der Waals surface area contributed by atoms with Crippen LogP contribution in [0.5, 0.6) is 5.75 Å². The molecule has 21 heavy (non-hydrogen) atoms. The van der Waals surface area contributed by atoms with Crippen molar-refractivity contribution in [2.24, 2.45) is 0 Å². The molecular weight excluding hydrogens is 296 g/mol. The summed E-state index contributed by atoms with van der Waals surface area (Å²) in [5.74, 6) is -0.284. The lowest BCUT2D eigenvalue weighted by Crippen LogP contribution is -2.21. The average molecular weight is 312 g/mol. The van der Waals surface area contributed by atoms with Crippen LogP contribution in [-0.2, 0) is 6.42 Å². The Morgan fingerprint density at radius 2 is 2.00 bits per heavy atom. The number of nitrogens with one attached hydrogen (secondary N) is 1. The number of likely N-dealkylation sites (N-methyl/N-ethyl adjacent to an activating group) is 1. The maximum atomic E-state index is 14.1. The molecule has 0 bridgehead atoms. The molecule has 0 saturated heterocycles. The van der Waals surface area contributed by atoms with E-state index in [4.69, 9.17) is 16.3 Å². The fourth-order valence-electron chi connectivity index (χ4n) is 2.29. The summed E-state index contributed by atoms with van der Waals surface area (Å²) in [6.07, 6.45) is 0.424. The molecule has 1 N–H and O–H groups in total. The van der Waals surface area contributed by atoms with Gasteiger partial charge in [-0.3, -0.25) is 0 Å². The van der Waals surface area contributed by atoms with Crippen molar-refractivity contribution in [3.05, 3.63) is 64.2 Å². The Morgan fingerprint density at radius 1 is 1.24 bits per heavy atom. The molecule has 5 heteroatoms. The molecule has 0 radical (unpaired) electrons. The van der Waals surface area contributed by atoms with E-state index in [0.29, 0.717) is 22.8 Å². The lowest BCUT2D eigenvalue weighted by Gasteiger charge is -2.20. The Morgan fingerprint density at radius 3 is 2.62 bits per heavy atom. The standard InChI is InChI=1S/C16H16ClF2NO/c1-20-14(8-10-6-7-11(18)9-12(10)17)16-13(19)4-3-5-15(16)21-2/h3-7,9,14,20H,8H2,1-2H3. The van der Waals surface area contributed by atoms with E-state index in [1.807, 2.05) is 0 Å². The molecule has 0 aliphatic heterocycles. The highest BCUT2D eigenvalue weighted by molar-refractivity contribution is 6.31. The monoisotopic (exact) mass is 311 g/mol. The fraction of sp³-hybridized carbons (Fsp3) is 0.250. The summed E-state index contributed by atoms with van der Waals surface area (Å²) in [6.45, 7) is 0. The third kappa shape index (κ3) is 3.52. The van der Waals surface area contributed by atoms with Crippen LogP contribution in [0.4, 0.5) is 8.78 Å². The number of hydrogen-bond acceptors (Lipinski definition) is 2. The van der Waals surface area contributed by atoms with Crippen LogP contribution in [0.3, 0.4) is 0 Å². The van der Waals surface area contributed by atoms with Gasteiger partial charge in [0.15, 0.2) is 0 Å². The quantitative estimate of drug-likeness (QED) is 0.896. The van der Waals surface area contributed by atoms with Gasteiger partial charge in [-0.25, -0.2) is 8.78 Å². The van der Waals surface area contributed by atoms with Gasteiger partial charge < -0.3 is 10.1 Å². The maximum absolute atomic E-state index is 14.1. The van der Waals surface area contributed by atoms with E-state index in [1.54, 1.807) is 25.2 Å². The first-order valence-electron chi connectivity index (χ1n) is 6.50. The van der Waals surface area contributed by atoms with E-state index in [2.05, 4.69) is 5.32 Å². The zero-order valence-corrected chi connectivity index (χ0v) is 12.5. The summed E-state index contributed by atoms with van der Waals surface area (Å²) in [5, 5.41) is 3.38. The maximum Gasteiger partial charge on any atom is 0.131 e. The molecule has 2 nitrogen and oxygen atoms in total. The summed E-state index contributed by atoms with van der Waals surface area (Å²) < 4.78 is 32.4. The topological polar surface area (TPSA) is 21.3 Å². The summed E-state index contributed by atoms with van der Waals surface area (Å²) in [4.78, 5) is 0. The van der Waals surface area contributed by atoms with Gasteiger partial charge in [0.2, 0.25) is 0 Å². The van der Waals surface area contributed by atoms with Crippen molar-refractivity contribution in [1.29, 1.82) is 0 Å². The van der Waals surface area contributed by atoms with Gasteiger partial charge in [0.05, 0.1) is 7.11 Å². The van der Waals surface area contributed by atoms with Gasteiger partial charge in [0.25, 0.3) is 0 Å². The molecule has 0 aliphatic carbocycles. The fourth-order valence-corrected chi connectivity index (χ4v) is 2.53. The Hall–Kier alpha value is -1.65. The van der Waals surface area contributed by atoms with Gasteiger partial charge in [-0.15, -0.1) is 0 Å². The molecular formula is C16H16ClF2NO. The number of ether oxygens (including phenoxy) is 1. The Balaban J connectivity index is 2.36. The Kier molecular flexibility index (Phi) is 5.15. The molecule has 0 heterocycles. The molecule has 1 atom stereocenters. The summed E-state index contributed by atoms with van der Waals surface area (Å²) in [6, 6.07) is 8.55. The number of halogens is 3. The predicted molar refractivity (Wildman–Crippen MR) is 79.9 cm³/mol. The zero-order chi connectivity index (χ0) is 15.4. The molecule has 0 spiro atoms. The predicted octanol–water partition coefficient (Wildman–Crippen LogP) is 4.13. The van der Waals surface area contributed by atoms with E-state index in [9.17, 15) is 8.78 Å². The van der Waals surface area contributed by atoms with Gasteiger partial charge in [-0.05, 0) is 43.3 Å². The molecule has 0 amide bonds. The minimum absolute atomic E-state index is 0.325. The largest absolute Gasteiger partial charge is 0.496 e. The Bertz CT molecular complexity index is 634. The van der Waals surface area contributed by atoms with Crippen molar-refractivity contribution in [1.82, 2.24) is 5.32 Å². The van der Waals surface area contributed by atoms with Crippen LogP contribution in [0.1, 0.15) is 17.2 Å². The van der Waals surface area contributed by atoms with E-state index in [0.717, 1.165) is 5.56 Å². The molecule has 2 aromatic rings. The van der Waals surface area contributed by atoms with Crippen LogP contribution in [0.25, 0.3) is 0 Å². The molecule has 0 aromatic heterocycles. The van der Waals surface area contributed by atoms with Crippen LogP contribution in [0.15, 0.2) is 36.4 Å². The average Bonchev–Trinajstić information content (AvgIpc) is 2.47. The molecule has 0 saturated carbocycles. The van der Waals surface area contributed by atoms with Crippen LogP contribution in [0, 0.1) is 11.6 Å². The SMILES string of the molecule is CNC(Cc1ccc(F)cc1Cl)c1c(F)cccc1OC. The highest BCUT2D eigenvalue weighted by atomic mass is 35.5. The van der Waals surface area contributed by atoms with E-state index >= 15 is 0 Å². The van der Waals surface area contributed by atoms with Gasteiger partial charge in [0, 0.05) is 16.6 Å². The van der Waals surface area contributed by atoms with E-state index in [-0.39, 0.29) is 11.9 Å². The minimum Gasteiger partial charge on any atom is -0.496 e. The molecule has 0 aliphatic rings. The number of rotatable bonds is 5. The first-order valence-corrected chi connectivity index (χ1v) is 6.88. The lowest BCUT2D eigenvalue weighted by molar-refractivity contribution is 0.393. The van der Waals surface area contributed by atoms with E-state index in [1.165, 1.54) is 25.3 Å². The van der Waals surface area contributed by atoms with Crippen molar-refractivity contribution in [3.63, 3.8) is 0 Å². The summed E-state index contributed by atoms with van der Waals surface area (Å²) in [7, 11) is 3.23. The van der Waals surface area contributed by atoms with Crippen molar-refractivity contribution < 1.29 is 13.5 Å². The van der Waals surface area contributed by atoms with Crippen LogP contribution < -0.4 is 10.1 Å². The first-order chi connectivity index (χ1) is 10.1. The second kappa shape index (κ2) is 6.87. The highest BCUT2D eigenvalue weighted by Gasteiger charge is 2.20. The van der Waals surface area contributed by atoms with E-state index < -0.39 is 5.82 Å². The van der Waals surface area contributed by atoms with Crippen molar-refractivity contribution in [2.45, 2.75) is 12.5 Å². The highest BCUT2D eigenvalue weighted by Crippen LogP contribution is 2.31. The van der Waals surface area contributed by atoms with Gasteiger partial charge in [0.1, 0.15) is 17.4 Å².